The third-order valence-corrected chi connectivity index (χ3v) is 2.22. The zero-order chi connectivity index (χ0) is 8.72. The van der Waals surface area contributed by atoms with Gasteiger partial charge in [0.05, 0.1) is 21.4 Å². The van der Waals surface area contributed by atoms with Crippen LogP contribution in [0.3, 0.4) is 0 Å². The van der Waals surface area contributed by atoms with Gasteiger partial charge in [-0.15, -0.1) is 0 Å². The average Bonchev–Trinajstić information content (AvgIpc) is 2.30. The van der Waals surface area contributed by atoms with Gasteiger partial charge < -0.3 is 5.32 Å². The number of urea groups is 1. The Labute approximate surface area is 78.7 Å². The van der Waals surface area contributed by atoms with E-state index in [4.69, 9.17) is 23.2 Å². The third kappa shape index (κ3) is 1.11. The Morgan fingerprint density at radius 3 is 2.67 bits per heavy atom. The number of rotatable bonds is 0. The summed E-state index contributed by atoms with van der Waals surface area (Å²) in [5, 5.41) is 6.99. The second kappa shape index (κ2) is 2.54. The molecule has 1 aromatic carbocycles. The molecule has 0 atom stereocenters. The van der Waals surface area contributed by atoms with Crippen molar-refractivity contribution in [3.63, 3.8) is 0 Å². The van der Waals surface area contributed by atoms with E-state index < -0.39 is 0 Å². The van der Waals surface area contributed by atoms with Gasteiger partial charge in [0.2, 0.25) is 0 Å². The van der Waals surface area contributed by atoms with Crippen molar-refractivity contribution < 1.29 is 4.79 Å². The Kier molecular flexibility index (Phi) is 1.63. The van der Waals surface area contributed by atoms with Crippen LogP contribution in [-0.2, 0) is 0 Å². The van der Waals surface area contributed by atoms with Crippen molar-refractivity contribution >= 4 is 40.6 Å². The zero-order valence-electron chi connectivity index (χ0n) is 5.77. The fraction of sp³-hybridized carbons (Fsp3) is 0. The first-order valence-electron chi connectivity index (χ1n) is 3.18. The van der Waals surface area contributed by atoms with E-state index in [2.05, 4.69) is 10.6 Å². The molecule has 0 spiro atoms. The van der Waals surface area contributed by atoms with Gasteiger partial charge in [-0.05, 0) is 12.1 Å². The van der Waals surface area contributed by atoms with Crippen LogP contribution in [-0.4, -0.2) is 6.03 Å². The van der Waals surface area contributed by atoms with Crippen molar-refractivity contribution in [3.8, 4) is 0 Å². The van der Waals surface area contributed by atoms with Crippen molar-refractivity contribution in [1.29, 1.82) is 0 Å². The van der Waals surface area contributed by atoms with E-state index >= 15 is 0 Å². The van der Waals surface area contributed by atoms with Crippen LogP contribution in [0.4, 0.5) is 16.2 Å². The zero-order valence-corrected chi connectivity index (χ0v) is 7.28. The Bertz CT molecular complexity index is 332. The van der Waals surface area contributed by atoms with Crippen LogP contribution in [0.2, 0.25) is 10.0 Å². The van der Waals surface area contributed by atoms with Gasteiger partial charge in [0, 0.05) is 0 Å². The Balaban J connectivity index is 2.55. The molecule has 0 saturated carbocycles. The van der Waals surface area contributed by atoms with Crippen LogP contribution in [0.25, 0.3) is 0 Å². The number of benzene rings is 1. The number of anilines is 1. The number of carbonyl (C=O) groups is 1. The summed E-state index contributed by atoms with van der Waals surface area (Å²) in [5.74, 6) is 0. The highest BCUT2D eigenvalue weighted by molar-refractivity contribution is 6.42. The van der Waals surface area contributed by atoms with Crippen LogP contribution in [0.5, 0.6) is 0 Å². The Morgan fingerprint density at radius 1 is 1.25 bits per heavy atom. The van der Waals surface area contributed by atoms with Crippen LogP contribution in [0.1, 0.15) is 0 Å². The molecular weight excluding hydrogens is 199 g/mol. The molecule has 0 saturated heterocycles. The second-order valence-corrected chi connectivity index (χ2v) is 3.14. The number of fused-ring (bicyclic) bond motifs is 1. The van der Waals surface area contributed by atoms with Gasteiger partial charge in [-0.25, -0.2) is 4.79 Å². The van der Waals surface area contributed by atoms with Gasteiger partial charge in [-0.2, -0.15) is 5.32 Å². The van der Waals surface area contributed by atoms with Crippen molar-refractivity contribution in [1.82, 2.24) is 5.32 Å². The lowest BCUT2D eigenvalue weighted by atomic mass is 10.3. The molecule has 1 N–H and O–H groups in total. The first kappa shape index (κ1) is 7.71. The molecule has 1 aliphatic heterocycles. The summed E-state index contributed by atoms with van der Waals surface area (Å²) < 4.78 is 0. The molecule has 3 nitrogen and oxygen atoms in total. The molecule has 0 bridgehead atoms. The maximum Gasteiger partial charge on any atom is 0.346 e. The smallest absolute Gasteiger partial charge is 0.304 e. The molecule has 61 valence electrons. The highest BCUT2D eigenvalue weighted by Gasteiger charge is 2.19. The molecule has 1 radical (unpaired) electrons. The number of amides is 2. The molecule has 0 aliphatic carbocycles. The van der Waals surface area contributed by atoms with E-state index in [9.17, 15) is 4.79 Å². The number of hydrogen-bond donors (Lipinski definition) is 1. The molecule has 0 unspecified atom stereocenters. The van der Waals surface area contributed by atoms with E-state index in [1.807, 2.05) is 0 Å². The van der Waals surface area contributed by atoms with Crippen molar-refractivity contribution in [2.75, 3.05) is 5.32 Å². The summed E-state index contributed by atoms with van der Waals surface area (Å²) in [6, 6.07) is 2.74. The quantitative estimate of drug-likeness (QED) is 0.690. The van der Waals surface area contributed by atoms with Gasteiger partial charge >= 0.3 is 6.03 Å². The van der Waals surface area contributed by atoms with Crippen molar-refractivity contribution in [2.24, 2.45) is 0 Å². The largest absolute Gasteiger partial charge is 0.346 e. The fourth-order valence-corrected chi connectivity index (χ4v) is 1.30. The lowest BCUT2D eigenvalue weighted by Crippen LogP contribution is -2.08. The van der Waals surface area contributed by atoms with Crippen LogP contribution in [0, 0.1) is 0 Å². The van der Waals surface area contributed by atoms with E-state index in [1.54, 1.807) is 12.1 Å². The minimum absolute atomic E-state index is 0.386. The lowest BCUT2D eigenvalue weighted by molar-refractivity contribution is 0.256. The summed E-state index contributed by atoms with van der Waals surface area (Å²) >= 11 is 11.4. The van der Waals surface area contributed by atoms with Gasteiger partial charge in [-0.3, -0.25) is 0 Å². The van der Waals surface area contributed by atoms with Crippen LogP contribution in [0.15, 0.2) is 12.1 Å². The number of halogens is 2. The summed E-state index contributed by atoms with van der Waals surface area (Å²) in [6.45, 7) is 0. The summed E-state index contributed by atoms with van der Waals surface area (Å²) in [5.41, 5.74) is 1.14. The van der Waals surface area contributed by atoms with E-state index in [0.29, 0.717) is 21.4 Å². The van der Waals surface area contributed by atoms with Crippen LogP contribution >= 0.6 is 23.2 Å². The number of nitrogens with zero attached hydrogens (tertiary/aromatic N) is 1. The van der Waals surface area contributed by atoms with E-state index in [-0.39, 0.29) is 6.03 Å². The molecule has 2 rings (SSSR count). The molecule has 1 aromatic rings. The molecule has 1 aliphatic rings. The minimum atomic E-state index is -0.386. The number of hydrogen-bond acceptors (Lipinski definition) is 1. The maximum absolute atomic E-state index is 10.8. The highest BCUT2D eigenvalue weighted by Crippen LogP contribution is 2.35. The van der Waals surface area contributed by atoms with Crippen molar-refractivity contribution in [3.05, 3.63) is 22.2 Å². The van der Waals surface area contributed by atoms with E-state index in [1.165, 1.54) is 0 Å². The standard InChI is InChI=1S/C7H3Cl2N2O/c8-3-1-5-6(2-4(3)9)11-7(12)10-5/h1-2H,(H,10,12). The topological polar surface area (TPSA) is 43.2 Å². The number of carbonyl (C=O) groups excluding carboxylic acids is 1. The molecule has 0 aromatic heterocycles. The van der Waals surface area contributed by atoms with Gasteiger partial charge in [0.25, 0.3) is 0 Å². The predicted octanol–water partition coefficient (Wildman–Crippen LogP) is 2.77. The number of nitrogens with one attached hydrogen (secondary N) is 1. The maximum atomic E-state index is 10.8. The second-order valence-electron chi connectivity index (χ2n) is 2.33. The first-order valence-corrected chi connectivity index (χ1v) is 3.94. The Hall–Kier alpha value is -0.930. The summed E-state index contributed by atoms with van der Waals surface area (Å²) in [4.78, 5) is 10.8. The average molecular weight is 202 g/mol. The van der Waals surface area contributed by atoms with Gasteiger partial charge in [0.15, 0.2) is 0 Å². The molecule has 5 heteroatoms. The lowest BCUT2D eigenvalue weighted by Gasteiger charge is -1.98. The molecule has 0 fully saturated rings. The predicted molar refractivity (Wildman–Crippen MR) is 47.3 cm³/mol. The van der Waals surface area contributed by atoms with Crippen molar-refractivity contribution in [2.45, 2.75) is 0 Å². The fourth-order valence-electron chi connectivity index (χ4n) is 0.982. The van der Waals surface area contributed by atoms with Crippen LogP contribution < -0.4 is 10.6 Å². The third-order valence-electron chi connectivity index (χ3n) is 1.50. The molecular formula is C7H3Cl2N2O. The summed E-state index contributed by atoms with van der Waals surface area (Å²) in [6.07, 6.45) is 0. The monoisotopic (exact) mass is 201 g/mol. The SMILES string of the molecule is O=C1[N]c2cc(Cl)c(Cl)cc2N1. The molecule has 1 heterocycles. The van der Waals surface area contributed by atoms with Gasteiger partial charge in [-0.1, -0.05) is 23.2 Å². The molecule has 12 heavy (non-hydrogen) atoms. The van der Waals surface area contributed by atoms with E-state index in [0.717, 1.165) is 0 Å². The molecule has 2 amide bonds. The highest BCUT2D eigenvalue weighted by atomic mass is 35.5. The van der Waals surface area contributed by atoms with Gasteiger partial charge in [0.1, 0.15) is 0 Å². The Morgan fingerprint density at radius 2 is 1.92 bits per heavy atom. The minimum Gasteiger partial charge on any atom is -0.304 e. The summed E-state index contributed by atoms with van der Waals surface area (Å²) in [7, 11) is 0. The normalized spacial score (nSPS) is 13.7. The first-order chi connectivity index (χ1) is 5.66.